The standard InChI is InChI=1S/C23H25N5O2/c1-3-14-30-23(29)17-15-16-8-9-20(27-12-10-26(2)11-13-27)25-21(16)28-19-7-5-4-6-18(19)24-22(17)28/h4-9,15H,3,10-14H2,1-2H3. The van der Waals surface area contributed by atoms with E-state index in [-0.39, 0.29) is 5.97 Å². The second-order valence-corrected chi connectivity index (χ2v) is 7.83. The number of carbonyl (C=O) groups is 1. The van der Waals surface area contributed by atoms with Crippen molar-refractivity contribution < 1.29 is 9.53 Å². The second-order valence-electron chi connectivity index (χ2n) is 7.83. The van der Waals surface area contributed by atoms with Gasteiger partial charge in [-0.05, 0) is 43.8 Å². The molecule has 4 heterocycles. The molecule has 1 fully saturated rings. The number of fused-ring (bicyclic) bond motifs is 5. The number of nitrogens with zero attached hydrogens (tertiary/aromatic N) is 5. The van der Waals surface area contributed by atoms with E-state index in [0.717, 1.165) is 60.5 Å². The van der Waals surface area contributed by atoms with Gasteiger partial charge in [0.25, 0.3) is 0 Å². The minimum Gasteiger partial charge on any atom is -0.462 e. The fourth-order valence-electron chi connectivity index (χ4n) is 4.02. The number of rotatable bonds is 4. The molecule has 1 aromatic carbocycles. The van der Waals surface area contributed by atoms with Gasteiger partial charge in [-0.2, -0.15) is 0 Å². The van der Waals surface area contributed by atoms with Crippen LogP contribution >= 0.6 is 0 Å². The lowest BCUT2D eigenvalue weighted by Gasteiger charge is -2.33. The van der Waals surface area contributed by atoms with E-state index in [1.54, 1.807) is 0 Å². The summed E-state index contributed by atoms with van der Waals surface area (Å²) in [6.45, 7) is 6.31. The van der Waals surface area contributed by atoms with Crippen molar-refractivity contribution >= 4 is 39.5 Å². The Balaban J connectivity index is 1.72. The summed E-state index contributed by atoms with van der Waals surface area (Å²) in [5.74, 6) is 0.609. The first-order chi connectivity index (χ1) is 14.7. The molecule has 0 amide bonds. The molecule has 30 heavy (non-hydrogen) atoms. The third-order valence-corrected chi connectivity index (χ3v) is 5.69. The first-order valence-corrected chi connectivity index (χ1v) is 10.5. The molecule has 0 N–H and O–H groups in total. The number of esters is 1. The number of likely N-dealkylation sites (N-methyl/N-ethyl adjacent to an activating group) is 1. The number of hydrogen-bond donors (Lipinski definition) is 0. The Morgan fingerprint density at radius 1 is 1.03 bits per heavy atom. The van der Waals surface area contributed by atoms with Crippen molar-refractivity contribution in [3.8, 4) is 0 Å². The SMILES string of the molecule is CCCOC(=O)c1cc2ccc(N3CCN(C)CC3)nc2n2c1nc1ccccc12. The topological polar surface area (TPSA) is 63.0 Å². The van der Waals surface area contributed by atoms with Crippen molar-refractivity contribution in [1.29, 1.82) is 0 Å². The molecule has 0 atom stereocenters. The molecule has 1 saturated heterocycles. The van der Waals surface area contributed by atoms with Crippen molar-refractivity contribution in [2.45, 2.75) is 13.3 Å². The van der Waals surface area contributed by atoms with Crippen LogP contribution in [0.3, 0.4) is 0 Å². The van der Waals surface area contributed by atoms with Gasteiger partial charge in [0, 0.05) is 31.6 Å². The molecule has 0 bridgehead atoms. The molecule has 3 aromatic heterocycles. The Bertz CT molecular complexity index is 1240. The number of para-hydroxylation sites is 2. The summed E-state index contributed by atoms with van der Waals surface area (Å²) in [6, 6.07) is 13.8. The quantitative estimate of drug-likeness (QED) is 0.487. The summed E-state index contributed by atoms with van der Waals surface area (Å²) in [4.78, 5) is 27.2. The van der Waals surface area contributed by atoms with Crippen molar-refractivity contribution in [2.24, 2.45) is 0 Å². The minimum atomic E-state index is -0.345. The zero-order chi connectivity index (χ0) is 20.7. The molecule has 0 unspecified atom stereocenters. The van der Waals surface area contributed by atoms with Gasteiger partial charge in [-0.15, -0.1) is 0 Å². The predicted octanol–water partition coefficient (Wildman–Crippen LogP) is 3.35. The molecule has 4 aromatic rings. The van der Waals surface area contributed by atoms with Crippen molar-refractivity contribution in [1.82, 2.24) is 19.3 Å². The second kappa shape index (κ2) is 7.57. The highest BCUT2D eigenvalue weighted by atomic mass is 16.5. The maximum Gasteiger partial charge on any atom is 0.341 e. The van der Waals surface area contributed by atoms with E-state index in [1.165, 1.54) is 0 Å². The molecular formula is C23H25N5O2. The average Bonchev–Trinajstić information content (AvgIpc) is 3.17. The molecule has 154 valence electrons. The summed E-state index contributed by atoms with van der Waals surface area (Å²) < 4.78 is 7.43. The van der Waals surface area contributed by atoms with Crippen LogP contribution in [-0.2, 0) is 4.74 Å². The van der Waals surface area contributed by atoms with E-state index in [0.29, 0.717) is 17.8 Å². The normalized spacial score (nSPS) is 15.3. The van der Waals surface area contributed by atoms with Crippen LogP contribution in [0.25, 0.3) is 27.7 Å². The molecule has 0 radical (unpaired) electrons. The van der Waals surface area contributed by atoms with Gasteiger partial charge in [0.1, 0.15) is 17.0 Å². The molecule has 1 aliphatic rings. The van der Waals surface area contributed by atoms with Gasteiger partial charge in [0.05, 0.1) is 17.6 Å². The number of benzene rings is 1. The van der Waals surface area contributed by atoms with Gasteiger partial charge >= 0.3 is 5.97 Å². The van der Waals surface area contributed by atoms with E-state index in [4.69, 9.17) is 14.7 Å². The molecule has 0 saturated carbocycles. The van der Waals surface area contributed by atoms with Crippen LogP contribution in [0.15, 0.2) is 42.5 Å². The number of pyridine rings is 2. The fourth-order valence-corrected chi connectivity index (χ4v) is 4.02. The molecular weight excluding hydrogens is 378 g/mol. The summed E-state index contributed by atoms with van der Waals surface area (Å²) in [6.07, 6.45) is 0.780. The highest BCUT2D eigenvalue weighted by molar-refractivity contribution is 6.03. The van der Waals surface area contributed by atoms with Gasteiger partial charge in [-0.1, -0.05) is 19.1 Å². The first-order valence-electron chi connectivity index (χ1n) is 10.5. The lowest BCUT2D eigenvalue weighted by molar-refractivity contribution is 0.0507. The van der Waals surface area contributed by atoms with Gasteiger partial charge < -0.3 is 14.5 Å². The van der Waals surface area contributed by atoms with Crippen molar-refractivity contribution in [2.75, 3.05) is 44.7 Å². The maximum absolute atomic E-state index is 12.8. The molecule has 1 aliphatic heterocycles. The number of anilines is 1. The van der Waals surface area contributed by atoms with Crippen LogP contribution in [-0.4, -0.2) is 65.1 Å². The number of hydrogen-bond acceptors (Lipinski definition) is 6. The number of aromatic nitrogens is 3. The smallest absolute Gasteiger partial charge is 0.341 e. The number of ether oxygens (including phenoxy) is 1. The number of piperazine rings is 1. The Kier molecular flexibility index (Phi) is 4.75. The highest BCUT2D eigenvalue weighted by Crippen LogP contribution is 2.28. The van der Waals surface area contributed by atoms with Crippen LogP contribution in [0.5, 0.6) is 0 Å². The first kappa shape index (κ1) is 18.8. The average molecular weight is 403 g/mol. The molecule has 5 rings (SSSR count). The van der Waals surface area contributed by atoms with Gasteiger partial charge in [-0.25, -0.2) is 14.8 Å². The van der Waals surface area contributed by atoms with Crippen molar-refractivity contribution in [3.05, 3.63) is 48.0 Å². The lowest BCUT2D eigenvalue weighted by atomic mass is 10.2. The van der Waals surface area contributed by atoms with Crippen LogP contribution in [0, 0.1) is 0 Å². The van der Waals surface area contributed by atoms with Crippen LogP contribution < -0.4 is 4.90 Å². The maximum atomic E-state index is 12.8. The van der Waals surface area contributed by atoms with E-state index in [9.17, 15) is 4.79 Å². The Morgan fingerprint density at radius 3 is 2.63 bits per heavy atom. The predicted molar refractivity (Wildman–Crippen MR) is 118 cm³/mol. The van der Waals surface area contributed by atoms with Gasteiger partial charge in [-0.3, -0.25) is 4.40 Å². The summed E-state index contributed by atoms with van der Waals surface area (Å²) >= 11 is 0. The van der Waals surface area contributed by atoms with E-state index in [2.05, 4.69) is 16.8 Å². The molecule has 0 aliphatic carbocycles. The Hall–Kier alpha value is -3.19. The highest BCUT2D eigenvalue weighted by Gasteiger charge is 2.21. The Labute approximate surface area is 174 Å². The van der Waals surface area contributed by atoms with E-state index in [1.807, 2.05) is 53.8 Å². The van der Waals surface area contributed by atoms with Gasteiger partial charge in [0.2, 0.25) is 0 Å². The van der Waals surface area contributed by atoms with E-state index >= 15 is 0 Å². The summed E-state index contributed by atoms with van der Waals surface area (Å²) in [5.41, 5.74) is 3.64. The Morgan fingerprint density at radius 2 is 1.83 bits per heavy atom. The molecule has 0 spiro atoms. The fraction of sp³-hybridized carbons (Fsp3) is 0.348. The summed E-state index contributed by atoms with van der Waals surface area (Å²) in [5, 5.41) is 0.895. The minimum absolute atomic E-state index is 0.345. The number of carbonyl (C=O) groups excluding carboxylic acids is 1. The summed E-state index contributed by atoms with van der Waals surface area (Å²) in [7, 11) is 2.14. The van der Waals surface area contributed by atoms with Crippen LogP contribution in [0.4, 0.5) is 5.82 Å². The molecule has 7 nitrogen and oxygen atoms in total. The zero-order valence-corrected chi connectivity index (χ0v) is 17.3. The zero-order valence-electron chi connectivity index (χ0n) is 17.3. The number of imidazole rings is 1. The lowest BCUT2D eigenvalue weighted by Crippen LogP contribution is -2.44. The van der Waals surface area contributed by atoms with E-state index < -0.39 is 0 Å². The third kappa shape index (κ3) is 3.15. The largest absolute Gasteiger partial charge is 0.462 e. The van der Waals surface area contributed by atoms with Crippen molar-refractivity contribution in [3.63, 3.8) is 0 Å². The van der Waals surface area contributed by atoms with Crippen LogP contribution in [0.1, 0.15) is 23.7 Å². The molecule has 7 heteroatoms. The third-order valence-electron chi connectivity index (χ3n) is 5.69. The monoisotopic (exact) mass is 403 g/mol. The van der Waals surface area contributed by atoms with Crippen LogP contribution in [0.2, 0.25) is 0 Å². The van der Waals surface area contributed by atoms with Gasteiger partial charge in [0.15, 0.2) is 5.65 Å².